The average Bonchev–Trinajstić information content (AvgIpc) is 3.23. The predicted molar refractivity (Wildman–Crippen MR) is 131 cm³/mol. The Bertz CT molecular complexity index is 1510. The number of hydrogen-bond acceptors (Lipinski definition) is 7. The smallest absolute Gasteiger partial charge is 0.261 e. The van der Waals surface area contributed by atoms with Gasteiger partial charge < -0.3 is 9.64 Å². The van der Waals surface area contributed by atoms with E-state index in [4.69, 9.17) is 21.3 Å². The second-order valence-corrected chi connectivity index (χ2v) is 9.81. The van der Waals surface area contributed by atoms with Crippen molar-refractivity contribution in [2.45, 2.75) is 32.5 Å². The van der Waals surface area contributed by atoms with Gasteiger partial charge in [0, 0.05) is 31.2 Å². The topological polar surface area (TPSA) is 91.0 Å². The highest BCUT2D eigenvalue weighted by Crippen LogP contribution is 2.35. The summed E-state index contributed by atoms with van der Waals surface area (Å²) in [5, 5.41) is 9.20. The third-order valence-electron chi connectivity index (χ3n) is 6.15. The first-order valence-electron chi connectivity index (χ1n) is 11.2. The molecule has 35 heavy (non-hydrogen) atoms. The number of aryl methyl sites for hydroxylation is 2. The summed E-state index contributed by atoms with van der Waals surface area (Å²) in [6, 6.07) is 6.10. The number of nitrogens with zero attached hydrogens (tertiary/aromatic N) is 7. The average molecular weight is 498 g/mol. The minimum absolute atomic E-state index is 0.222. The number of aromatic nitrogens is 6. The maximum absolute atomic E-state index is 15.0. The van der Waals surface area contributed by atoms with Crippen LogP contribution in [0.4, 0.5) is 10.2 Å². The zero-order chi connectivity index (χ0) is 25.1. The summed E-state index contributed by atoms with van der Waals surface area (Å²) in [5.74, 6) is 0.487. The molecule has 11 heteroatoms. The number of hydrogen-bond donors (Lipinski definition) is 0. The number of anilines is 1. The summed E-state index contributed by atoms with van der Waals surface area (Å²) in [6.07, 6.45) is 1.31. The maximum Gasteiger partial charge on any atom is 0.261 e. The zero-order valence-electron chi connectivity index (χ0n) is 20.1. The van der Waals surface area contributed by atoms with Crippen LogP contribution in [-0.4, -0.2) is 48.2 Å². The number of rotatable bonds is 3. The minimum Gasteiger partial charge on any atom is -0.362 e. The molecular weight excluding hydrogens is 473 g/mol. The number of ether oxygens (including phenoxy) is 1. The first-order valence-corrected chi connectivity index (χ1v) is 11.5. The van der Waals surface area contributed by atoms with Gasteiger partial charge in [-0.15, -0.1) is 0 Å². The molecule has 3 aromatic heterocycles. The van der Waals surface area contributed by atoms with E-state index < -0.39 is 11.4 Å². The SMILES string of the molecule is Cc1nc2c(-c3ccc(Cl)cc3F)nc(N3CC(c4cnn(C)n4)OC(C)(C)C3)cc2c(=O)n1C. The summed E-state index contributed by atoms with van der Waals surface area (Å²) >= 11 is 5.99. The molecule has 5 rings (SSSR count). The Labute approximate surface area is 206 Å². The van der Waals surface area contributed by atoms with Gasteiger partial charge >= 0.3 is 0 Å². The molecule has 1 atom stereocenters. The Morgan fingerprint density at radius 3 is 2.66 bits per heavy atom. The van der Waals surface area contributed by atoms with Crippen molar-refractivity contribution in [1.82, 2.24) is 29.5 Å². The van der Waals surface area contributed by atoms with Crippen molar-refractivity contribution in [1.29, 1.82) is 0 Å². The van der Waals surface area contributed by atoms with E-state index >= 15 is 4.39 Å². The highest BCUT2D eigenvalue weighted by atomic mass is 35.5. The monoisotopic (exact) mass is 497 g/mol. The van der Waals surface area contributed by atoms with Crippen LogP contribution < -0.4 is 10.5 Å². The number of halogens is 2. The van der Waals surface area contributed by atoms with Crippen LogP contribution >= 0.6 is 11.6 Å². The van der Waals surface area contributed by atoms with Crippen LogP contribution in [0.25, 0.3) is 22.2 Å². The van der Waals surface area contributed by atoms with Gasteiger partial charge in [-0.25, -0.2) is 14.4 Å². The van der Waals surface area contributed by atoms with Crippen molar-refractivity contribution in [3.63, 3.8) is 0 Å². The molecule has 0 saturated carbocycles. The number of benzene rings is 1. The third kappa shape index (κ3) is 4.28. The van der Waals surface area contributed by atoms with Crippen LogP contribution in [0.2, 0.25) is 5.02 Å². The molecule has 1 fully saturated rings. The summed E-state index contributed by atoms with van der Waals surface area (Å²) in [5.41, 5.74) is 0.771. The van der Waals surface area contributed by atoms with Crippen LogP contribution in [0.3, 0.4) is 0 Å². The fourth-order valence-corrected chi connectivity index (χ4v) is 4.58. The summed E-state index contributed by atoms with van der Waals surface area (Å²) in [6.45, 7) is 6.63. The van der Waals surface area contributed by atoms with Gasteiger partial charge in [0.15, 0.2) is 0 Å². The van der Waals surface area contributed by atoms with Gasteiger partial charge in [-0.05, 0) is 45.0 Å². The zero-order valence-corrected chi connectivity index (χ0v) is 20.8. The Morgan fingerprint density at radius 1 is 1.20 bits per heavy atom. The lowest BCUT2D eigenvalue weighted by Gasteiger charge is -2.42. The molecule has 182 valence electrons. The highest BCUT2D eigenvalue weighted by molar-refractivity contribution is 6.30. The lowest BCUT2D eigenvalue weighted by atomic mass is 10.0. The van der Waals surface area contributed by atoms with E-state index in [-0.39, 0.29) is 27.9 Å². The fraction of sp³-hybridized carbons (Fsp3) is 0.375. The molecule has 9 nitrogen and oxygen atoms in total. The molecule has 0 aliphatic carbocycles. The third-order valence-corrected chi connectivity index (χ3v) is 6.38. The molecule has 4 heterocycles. The first-order chi connectivity index (χ1) is 16.5. The lowest BCUT2D eigenvalue weighted by molar-refractivity contribution is -0.0875. The largest absolute Gasteiger partial charge is 0.362 e. The van der Waals surface area contributed by atoms with E-state index in [0.29, 0.717) is 41.3 Å². The minimum atomic E-state index is -0.542. The van der Waals surface area contributed by atoms with Crippen LogP contribution in [-0.2, 0) is 18.8 Å². The Hall–Kier alpha value is -3.37. The highest BCUT2D eigenvalue weighted by Gasteiger charge is 2.36. The van der Waals surface area contributed by atoms with Crippen LogP contribution in [0, 0.1) is 12.7 Å². The number of pyridine rings is 1. The maximum atomic E-state index is 15.0. The van der Waals surface area contributed by atoms with E-state index in [1.807, 2.05) is 18.7 Å². The van der Waals surface area contributed by atoms with Gasteiger partial charge in [-0.3, -0.25) is 9.36 Å². The molecule has 1 saturated heterocycles. The van der Waals surface area contributed by atoms with Gasteiger partial charge in [0.2, 0.25) is 0 Å². The van der Waals surface area contributed by atoms with Crippen LogP contribution in [0.1, 0.15) is 31.5 Å². The van der Waals surface area contributed by atoms with E-state index in [9.17, 15) is 4.79 Å². The summed E-state index contributed by atoms with van der Waals surface area (Å²) in [4.78, 5) is 26.2. The van der Waals surface area contributed by atoms with Crippen molar-refractivity contribution < 1.29 is 9.13 Å². The van der Waals surface area contributed by atoms with Crippen molar-refractivity contribution >= 4 is 28.3 Å². The van der Waals surface area contributed by atoms with Gasteiger partial charge in [-0.2, -0.15) is 15.0 Å². The molecule has 4 aromatic rings. The van der Waals surface area contributed by atoms with E-state index in [1.54, 1.807) is 45.4 Å². The van der Waals surface area contributed by atoms with Gasteiger partial charge in [0.05, 0.1) is 23.7 Å². The lowest BCUT2D eigenvalue weighted by Crippen LogP contribution is -2.50. The van der Waals surface area contributed by atoms with Crippen LogP contribution in [0.5, 0.6) is 0 Å². The van der Waals surface area contributed by atoms with Gasteiger partial charge in [-0.1, -0.05) is 11.6 Å². The van der Waals surface area contributed by atoms with E-state index in [1.165, 1.54) is 15.4 Å². The molecule has 0 N–H and O–H groups in total. The van der Waals surface area contributed by atoms with Gasteiger partial charge in [0.25, 0.3) is 5.56 Å². The van der Waals surface area contributed by atoms with Crippen molar-refractivity contribution in [2.75, 3.05) is 18.0 Å². The van der Waals surface area contributed by atoms with Gasteiger partial charge in [0.1, 0.15) is 40.5 Å². The molecule has 1 aromatic carbocycles. The van der Waals surface area contributed by atoms with Crippen molar-refractivity contribution in [2.24, 2.45) is 14.1 Å². The predicted octanol–water partition coefficient (Wildman–Crippen LogP) is 3.58. The number of morpholine rings is 1. The number of fused-ring (bicyclic) bond motifs is 1. The van der Waals surface area contributed by atoms with Crippen LogP contribution in [0.15, 0.2) is 35.3 Å². The normalized spacial score (nSPS) is 17.8. The van der Waals surface area contributed by atoms with Crippen molar-refractivity contribution in [3.05, 3.63) is 63.2 Å². The molecule has 0 amide bonds. The molecular formula is C24H25ClFN7O2. The summed E-state index contributed by atoms with van der Waals surface area (Å²) < 4.78 is 22.8. The Kier molecular flexibility index (Phi) is 5.60. The first kappa shape index (κ1) is 23.4. The fourth-order valence-electron chi connectivity index (χ4n) is 4.42. The standard InChI is InChI=1S/C24H25ClFN7O2/c1-13-28-22-16(23(34)31(13)4)9-20(29-21(22)15-7-6-14(25)8-17(15)26)33-11-19(35-24(2,3)12-33)18-10-27-32(5)30-18/h6-10,19H,11-12H2,1-5H3. The molecule has 1 aliphatic heterocycles. The van der Waals surface area contributed by atoms with Crippen molar-refractivity contribution in [3.8, 4) is 11.3 Å². The molecule has 0 radical (unpaired) electrons. The second kappa shape index (κ2) is 8.39. The molecule has 0 spiro atoms. The second-order valence-electron chi connectivity index (χ2n) is 9.38. The summed E-state index contributed by atoms with van der Waals surface area (Å²) in [7, 11) is 3.41. The molecule has 1 unspecified atom stereocenters. The Morgan fingerprint density at radius 2 is 1.97 bits per heavy atom. The van der Waals surface area contributed by atoms with E-state index in [2.05, 4.69) is 15.2 Å². The molecule has 1 aliphatic rings. The molecule has 0 bridgehead atoms. The quantitative estimate of drug-likeness (QED) is 0.427. The van der Waals surface area contributed by atoms with E-state index in [0.717, 1.165) is 0 Å². The Balaban J connectivity index is 1.71.